The van der Waals surface area contributed by atoms with E-state index in [-0.39, 0.29) is 11.4 Å². The molecule has 0 aliphatic rings. The SMILES string of the molecule is CCCCCCCCCCCCCC(=O)NC(C)(CCCl)CCc1ccccc1. The van der Waals surface area contributed by atoms with Crippen LogP contribution in [0.15, 0.2) is 30.3 Å². The van der Waals surface area contributed by atoms with Gasteiger partial charge in [0.05, 0.1) is 0 Å². The zero-order valence-electron chi connectivity index (χ0n) is 19.0. The lowest BCUT2D eigenvalue weighted by atomic mass is 9.90. The normalized spacial score (nSPS) is 13.2. The maximum atomic E-state index is 12.5. The third-order valence-electron chi connectivity index (χ3n) is 5.90. The second-order valence-corrected chi connectivity index (χ2v) is 9.20. The number of alkyl halides is 1. The van der Waals surface area contributed by atoms with Crippen molar-refractivity contribution in [3.8, 4) is 0 Å². The first-order valence-corrected chi connectivity index (χ1v) is 12.5. The Labute approximate surface area is 185 Å². The number of amides is 1. The molecule has 0 aliphatic carbocycles. The minimum absolute atomic E-state index is 0.182. The lowest BCUT2D eigenvalue weighted by Crippen LogP contribution is -2.46. The summed E-state index contributed by atoms with van der Waals surface area (Å²) in [5, 5.41) is 3.28. The molecule has 0 heterocycles. The number of benzene rings is 1. The van der Waals surface area contributed by atoms with Crippen LogP contribution in [0.3, 0.4) is 0 Å². The Morgan fingerprint density at radius 2 is 1.41 bits per heavy atom. The molecule has 1 amide bonds. The fraction of sp³-hybridized carbons (Fsp3) is 0.731. The van der Waals surface area contributed by atoms with Gasteiger partial charge < -0.3 is 5.32 Å². The summed E-state index contributed by atoms with van der Waals surface area (Å²) in [6, 6.07) is 10.5. The van der Waals surface area contributed by atoms with Crippen LogP contribution in [0.1, 0.15) is 109 Å². The van der Waals surface area contributed by atoms with E-state index in [9.17, 15) is 4.79 Å². The smallest absolute Gasteiger partial charge is 0.220 e. The largest absolute Gasteiger partial charge is 0.351 e. The second kappa shape index (κ2) is 16.7. The van der Waals surface area contributed by atoms with Gasteiger partial charge in [0, 0.05) is 17.8 Å². The molecular weight excluding hydrogens is 378 g/mol. The van der Waals surface area contributed by atoms with Gasteiger partial charge in [-0.2, -0.15) is 0 Å². The van der Waals surface area contributed by atoms with Crippen molar-refractivity contribution in [1.82, 2.24) is 5.32 Å². The highest BCUT2D eigenvalue weighted by Crippen LogP contribution is 2.20. The molecule has 1 atom stereocenters. The summed E-state index contributed by atoms with van der Waals surface area (Å²) in [6.07, 6.45) is 17.7. The highest BCUT2D eigenvalue weighted by atomic mass is 35.5. The molecule has 1 aromatic rings. The van der Waals surface area contributed by atoms with Gasteiger partial charge in [0.1, 0.15) is 0 Å². The van der Waals surface area contributed by atoms with E-state index in [0.717, 1.165) is 25.7 Å². The van der Waals surface area contributed by atoms with Crippen molar-refractivity contribution in [2.75, 3.05) is 5.88 Å². The van der Waals surface area contributed by atoms with E-state index in [1.807, 2.05) is 6.07 Å². The first-order chi connectivity index (χ1) is 14.1. The average molecular weight is 422 g/mol. The van der Waals surface area contributed by atoms with Gasteiger partial charge in [-0.05, 0) is 38.2 Å². The van der Waals surface area contributed by atoms with E-state index in [1.165, 1.54) is 69.8 Å². The molecule has 1 unspecified atom stereocenters. The van der Waals surface area contributed by atoms with Crippen LogP contribution in [-0.4, -0.2) is 17.3 Å². The number of carbonyl (C=O) groups is 1. The van der Waals surface area contributed by atoms with Gasteiger partial charge in [0.15, 0.2) is 0 Å². The molecule has 1 aromatic carbocycles. The van der Waals surface area contributed by atoms with Crippen molar-refractivity contribution in [3.05, 3.63) is 35.9 Å². The van der Waals surface area contributed by atoms with E-state index in [0.29, 0.717) is 12.3 Å². The Morgan fingerprint density at radius 3 is 1.97 bits per heavy atom. The molecular formula is C26H44ClNO. The minimum Gasteiger partial charge on any atom is -0.351 e. The molecule has 1 N–H and O–H groups in total. The van der Waals surface area contributed by atoms with E-state index in [4.69, 9.17) is 11.6 Å². The van der Waals surface area contributed by atoms with E-state index >= 15 is 0 Å². The summed E-state index contributed by atoms with van der Waals surface area (Å²) in [5.41, 5.74) is 1.10. The quantitative estimate of drug-likeness (QED) is 0.190. The van der Waals surface area contributed by atoms with Crippen molar-refractivity contribution in [3.63, 3.8) is 0 Å². The number of aryl methyl sites for hydroxylation is 1. The van der Waals surface area contributed by atoms with Crippen molar-refractivity contribution < 1.29 is 4.79 Å². The summed E-state index contributed by atoms with van der Waals surface area (Å²) >= 11 is 6.02. The number of hydrogen-bond donors (Lipinski definition) is 1. The first kappa shape index (κ1) is 26.0. The number of halogens is 1. The molecule has 0 radical (unpaired) electrons. The third kappa shape index (κ3) is 13.8. The van der Waals surface area contributed by atoms with Crippen LogP contribution in [0.5, 0.6) is 0 Å². The summed E-state index contributed by atoms with van der Waals surface area (Å²) < 4.78 is 0. The zero-order chi connectivity index (χ0) is 21.2. The number of hydrogen-bond acceptors (Lipinski definition) is 1. The van der Waals surface area contributed by atoms with Gasteiger partial charge in [0.2, 0.25) is 5.91 Å². The van der Waals surface area contributed by atoms with E-state index < -0.39 is 0 Å². The van der Waals surface area contributed by atoms with Crippen LogP contribution in [0.2, 0.25) is 0 Å². The fourth-order valence-electron chi connectivity index (χ4n) is 3.87. The predicted octanol–water partition coefficient (Wildman–Crippen LogP) is 7.82. The van der Waals surface area contributed by atoms with Gasteiger partial charge in [0.25, 0.3) is 0 Å². The van der Waals surface area contributed by atoms with Crippen molar-refractivity contribution in [1.29, 1.82) is 0 Å². The molecule has 0 saturated carbocycles. The van der Waals surface area contributed by atoms with E-state index in [1.54, 1.807) is 0 Å². The molecule has 0 saturated heterocycles. The molecule has 0 aromatic heterocycles. The van der Waals surface area contributed by atoms with Crippen LogP contribution < -0.4 is 5.32 Å². The molecule has 2 nitrogen and oxygen atoms in total. The topological polar surface area (TPSA) is 29.1 Å². The molecule has 0 fully saturated rings. The predicted molar refractivity (Wildman–Crippen MR) is 128 cm³/mol. The van der Waals surface area contributed by atoms with Crippen molar-refractivity contribution in [2.45, 2.75) is 116 Å². The Morgan fingerprint density at radius 1 is 0.862 bits per heavy atom. The lowest BCUT2D eigenvalue weighted by molar-refractivity contribution is -0.123. The van der Waals surface area contributed by atoms with E-state index in [2.05, 4.69) is 43.4 Å². The standard InChI is InChI=1S/C26H44ClNO/c1-3-4-5-6-7-8-9-10-11-12-16-19-25(29)28-26(2,22-23-27)21-20-24-17-14-13-15-18-24/h13-15,17-18H,3-12,16,19-23H2,1-2H3,(H,28,29). The monoisotopic (exact) mass is 421 g/mol. The number of unbranched alkanes of at least 4 members (excludes halogenated alkanes) is 10. The van der Waals surface area contributed by atoms with Gasteiger partial charge >= 0.3 is 0 Å². The highest BCUT2D eigenvalue weighted by molar-refractivity contribution is 6.17. The molecule has 0 spiro atoms. The number of rotatable bonds is 18. The molecule has 166 valence electrons. The van der Waals surface area contributed by atoms with Gasteiger partial charge in [-0.1, -0.05) is 101 Å². The molecule has 0 bridgehead atoms. The minimum atomic E-state index is -0.216. The van der Waals surface area contributed by atoms with Crippen LogP contribution in [0, 0.1) is 0 Å². The average Bonchev–Trinajstić information content (AvgIpc) is 2.71. The van der Waals surface area contributed by atoms with Crippen molar-refractivity contribution >= 4 is 17.5 Å². The fourth-order valence-corrected chi connectivity index (χ4v) is 4.29. The number of nitrogens with one attached hydrogen (secondary N) is 1. The maximum Gasteiger partial charge on any atom is 0.220 e. The second-order valence-electron chi connectivity index (χ2n) is 8.82. The Balaban J connectivity index is 2.13. The lowest BCUT2D eigenvalue weighted by Gasteiger charge is -2.30. The molecule has 3 heteroatoms. The summed E-state index contributed by atoms with van der Waals surface area (Å²) in [4.78, 5) is 12.5. The van der Waals surface area contributed by atoms with Gasteiger partial charge in [-0.25, -0.2) is 0 Å². The zero-order valence-corrected chi connectivity index (χ0v) is 19.7. The molecule has 0 aliphatic heterocycles. The van der Waals surface area contributed by atoms with Crippen LogP contribution in [0.4, 0.5) is 0 Å². The summed E-state index contributed by atoms with van der Waals surface area (Å²) in [6.45, 7) is 4.40. The Kier molecular flexibility index (Phi) is 15.0. The highest BCUT2D eigenvalue weighted by Gasteiger charge is 2.25. The maximum absolute atomic E-state index is 12.5. The number of carbonyl (C=O) groups excluding carboxylic acids is 1. The van der Waals surface area contributed by atoms with Crippen LogP contribution >= 0.6 is 11.6 Å². The molecule has 1 rings (SSSR count). The van der Waals surface area contributed by atoms with Gasteiger partial charge in [-0.15, -0.1) is 11.6 Å². The third-order valence-corrected chi connectivity index (χ3v) is 6.09. The molecule has 29 heavy (non-hydrogen) atoms. The Bertz CT molecular complexity index is 519. The first-order valence-electron chi connectivity index (χ1n) is 12.0. The Hall–Kier alpha value is -1.02. The van der Waals surface area contributed by atoms with Gasteiger partial charge in [-0.3, -0.25) is 4.79 Å². The van der Waals surface area contributed by atoms with Crippen LogP contribution in [-0.2, 0) is 11.2 Å². The summed E-state index contributed by atoms with van der Waals surface area (Å²) in [5.74, 6) is 0.755. The summed E-state index contributed by atoms with van der Waals surface area (Å²) in [7, 11) is 0. The van der Waals surface area contributed by atoms with Crippen LogP contribution in [0.25, 0.3) is 0 Å². The van der Waals surface area contributed by atoms with Crippen molar-refractivity contribution in [2.24, 2.45) is 0 Å².